The molecule has 0 aliphatic heterocycles. The third kappa shape index (κ3) is 2.01. The third-order valence-electron chi connectivity index (χ3n) is 2.50. The van der Waals surface area contributed by atoms with Crippen LogP contribution < -0.4 is 15.6 Å². The molecule has 2 aromatic rings. The van der Waals surface area contributed by atoms with Gasteiger partial charge in [0.05, 0.1) is 7.11 Å². The average Bonchev–Trinajstić information content (AvgIpc) is 2.26. The molecule has 0 bridgehead atoms. The second-order valence-corrected chi connectivity index (χ2v) is 3.60. The second kappa shape index (κ2) is 4.17. The normalized spacial score (nSPS) is 12.7. The molecule has 1 aromatic heterocycles. The van der Waals surface area contributed by atoms with Crippen LogP contribution in [-0.4, -0.2) is 12.3 Å². The first kappa shape index (κ1) is 11.6. The predicted molar refractivity (Wildman–Crippen MR) is 59.5 cm³/mol. The number of fused-ring (bicyclic) bond motifs is 1. The van der Waals surface area contributed by atoms with Crippen LogP contribution in [0.2, 0.25) is 0 Å². The molecule has 6 nitrogen and oxygen atoms in total. The minimum Gasteiger partial charge on any atom is -0.595 e. The molecule has 90 valence electrons. The van der Waals surface area contributed by atoms with Gasteiger partial charge < -0.3 is 14.4 Å². The van der Waals surface area contributed by atoms with E-state index in [0.29, 0.717) is 16.5 Å². The zero-order valence-electron chi connectivity index (χ0n) is 9.31. The topological polar surface area (TPSA) is 87.2 Å². The van der Waals surface area contributed by atoms with Gasteiger partial charge in [-0.3, -0.25) is 0 Å². The largest absolute Gasteiger partial charge is 0.595 e. The van der Waals surface area contributed by atoms with Crippen LogP contribution in [0.25, 0.3) is 11.0 Å². The fraction of sp³-hybridized carbons (Fsp3) is 0.182. The molecule has 1 atom stereocenters. The van der Waals surface area contributed by atoms with Gasteiger partial charge in [-0.15, -0.1) is 0 Å². The number of ether oxygens (including phenoxy) is 1. The Balaban J connectivity index is 2.83. The summed E-state index contributed by atoms with van der Waals surface area (Å²) in [5.74, 6) is 0.166. The van der Waals surface area contributed by atoms with Crippen LogP contribution >= 0.6 is 0 Å². The van der Waals surface area contributed by atoms with Crippen LogP contribution in [0.4, 0.5) is 5.69 Å². The van der Waals surface area contributed by atoms with Gasteiger partial charge in [0.25, 0.3) is 0 Å². The van der Waals surface area contributed by atoms with E-state index in [2.05, 4.69) is 0 Å². The van der Waals surface area contributed by atoms with Crippen LogP contribution in [0.3, 0.4) is 0 Å². The van der Waals surface area contributed by atoms with Gasteiger partial charge in [0.1, 0.15) is 5.58 Å². The molecular formula is C11H11NO5. The Morgan fingerprint density at radius 1 is 1.41 bits per heavy atom. The first-order valence-electron chi connectivity index (χ1n) is 4.88. The first-order chi connectivity index (χ1) is 8.02. The summed E-state index contributed by atoms with van der Waals surface area (Å²) in [6, 6.07) is 4.17. The lowest BCUT2D eigenvalue weighted by molar-refractivity contribution is -0.991. The fourth-order valence-corrected chi connectivity index (χ4v) is 1.68. The van der Waals surface area contributed by atoms with E-state index in [1.54, 1.807) is 6.92 Å². The van der Waals surface area contributed by atoms with E-state index in [1.807, 2.05) is 0 Å². The molecule has 0 amide bonds. The zero-order chi connectivity index (χ0) is 12.6. The summed E-state index contributed by atoms with van der Waals surface area (Å²) in [6.07, 6.45) is 0. The summed E-state index contributed by atoms with van der Waals surface area (Å²) >= 11 is 0. The van der Waals surface area contributed by atoms with Crippen molar-refractivity contribution < 1.29 is 19.6 Å². The zero-order valence-corrected chi connectivity index (χ0v) is 9.31. The van der Waals surface area contributed by atoms with Crippen molar-refractivity contribution in [2.45, 2.75) is 6.92 Å². The maximum Gasteiger partial charge on any atom is 0.336 e. The summed E-state index contributed by atoms with van der Waals surface area (Å²) < 4.78 is 9.94. The van der Waals surface area contributed by atoms with Gasteiger partial charge in [0.15, 0.2) is 5.75 Å². The molecule has 1 aromatic carbocycles. The molecule has 0 saturated carbocycles. The SMILES string of the molecule is COc1cc2oc(=O)cc(C)c2cc1[NH+]([O-])O. The predicted octanol–water partition coefficient (Wildman–Crippen LogP) is 0.513. The van der Waals surface area contributed by atoms with E-state index in [-0.39, 0.29) is 11.4 Å². The molecule has 2 N–H and O–H groups in total. The molecular weight excluding hydrogens is 226 g/mol. The molecule has 0 saturated heterocycles. The minimum atomic E-state index is -1.09. The van der Waals surface area contributed by atoms with Gasteiger partial charge in [-0.05, 0) is 12.5 Å². The number of benzene rings is 1. The van der Waals surface area contributed by atoms with Gasteiger partial charge in [0, 0.05) is 23.6 Å². The molecule has 1 unspecified atom stereocenters. The van der Waals surface area contributed by atoms with Gasteiger partial charge >= 0.3 is 5.63 Å². The van der Waals surface area contributed by atoms with Crippen molar-refractivity contribution >= 4 is 16.7 Å². The average molecular weight is 237 g/mol. The van der Waals surface area contributed by atoms with Gasteiger partial charge in [-0.2, -0.15) is 5.23 Å². The highest BCUT2D eigenvalue weighted by atomic mass is 16.8. The van der Waals surface area contributed by atoms with Gasteiger partial charge in [-0.1, -0.05) is 0 Å². The Labute approximate surface area is 96.2 Å². The van der Waals surface area contributed by atoms with Crippen LogP contribution in [-0.2, 0) is 0 Å². The highest BCUT2D eigenvalue weighted by Gasteiger charge is 2.14. The van der Waals surface area contributed by atoms with Crippen molar-refractivity contribution in [2.24, 2.45) is 0 Å². The lowest BCUT2D eigenvalue weighted by atomic mass is 10.1. The van der Waals surface area contributed by atoms with Gasteiger partial charge in [-0.25, -0.2) is 10.0 Å². The number of hydrogen-bond acceptors (Lipinski definition) is 5. The molecule has 0 fully saturated rings. The number of rotatable bonds is 2. The fourth-order valence-electron chi connectivity index (χ4n) is 1.68. The number of aryl methyl sites for hydroxylation is 1. The number of methoxy groups -OCH3 is 1. The maximum absolute atomic E-state index is 11.2. The van der Waals surface area contributed by atoms with E-state index in [9.17, 15) is 10.0 Å². The number of quaternary nitrogens is 1. The Morgan fingerprint density at radius 2 is 2.12 bits per heavy atom. The standard InChI is InChI=1S/C11H11NO5/c1-6-3-11(13)17-9-5-10(16-2)8(12(14)15)4-7(6)9/h3-5,12,14H,1-2H3. The molecule has 17 heavy (non-hydrogen) atoms. The quantitative estimate of drug-likeness (QED) is 0.587. The van der Waals surface area contributed by atoms with E-state index in [0.717, 1.165) is 0 Å². The Bertz CT molecular complexity index is 617. The van der Waals surface area contributed by atoms with Crippen molar-refractivity contribution in [3.05, 3.63) is 39.4 Å². The van der Waals surface area contributed by atoms with E-state index >= 15 is 0 Å². The van der Waals surface area contributed by atoms with Crippen molar-refractivity contribution in [1.29, 1.82) is 0 Å². The van der Waals surface area contributed by atoms with Crippen molar-refractivity contribution in [3.63, 3.8) is 0 Å². The Hall–Kier alpha value is -1.89. The van der Waals surface area contributed by atoms with Crippen LogP contribution in [0, 0.1) is 12.1 Å². The summed E-state index contributed by atoms with van der Waals surface area (Å²) in [5, 5.41) is 19.6. The summed E-state index contributed by atoms with van der Waals surface area (Å²) in [7, 11) is 1.36. The molecule has 0 spiro atoms. The Morgan fingerprint density at radius 3 is 2.71 bits per heavy atom. The lowest BCUT2D eigenvalue weighted by Crippen LogP contribution is -2.99. The summed E-state index contributed by atoms with van der Waals surface area (Å²) in [4.78, 5) is 11.2. The highest BCUT2D eigenvalue weighted by molar-refractivity contribution is 5.84. The van der Waals surface area contributed by atoms with Crippen LogP contribution in [0.15, 0.2) is 27.4 Å². The lowest BCUT2D eigenvalue weighted by Gasteiger charge is -2.15. The minimum absolute atomic E-state index is 0.0388. The smallest absolute Gasteiger partial charge is 0.336 e. The van der Waals surface area contributed by atoms with E-state index in [1.165, 1.54) is 25.3 Å². The summed E-state index contributed by atoms with van der Waals surface area (Å²) in [5.41, 5.74) is 0.551. The molecule has 0 aliphatic carbocycles. The van der Waals surface area contributed by atoms with Crippen molar-refractivity contribution in [3.8, 4) is 5.75 Å². The molecule has 2 rings (SSSR count). The molecule has 6 heteroatoms. The third-order valence-corrected chi connectivity index (χ3v) is 2.50. The van der Waals surface area contributed by atoms with E-state index in [4.69, 9.17) is 14.4 Å². The van der Waals surface area contributed by atoms with Crippen LogP contribution in [0.5, 0.6) is 5.75 Å². The molecule has 0 radical (unpaired) electrons. The Kier molecular flexibility index (Phi) is 2.84. The number of nitrogens with one attached hydrogen (secondary N) is 1. The highest BCUT2D eigenvalue weighted by Crippen LogP contribution is 2.28. The van der Waals surface area contributed by atoms with Crippen molar-refractivity contribution in [2.75, 3.05) is 7.11 Å². The van der Waals surface area contributed by atoms with E-state index < -0.39 is 10.9 Å². The maximum atomic E-state index is 11.2. The monoisotopic (exact) mass is 237 g/mol. The molecule has 1 heterocycles. The summed E-state index contributed by atoms with van der Waals surface area (Å²) in [6.45, 7) is 1.72. The van der Waals surface area contributed by atoms with Crippen molar-refractivity contribution in [1.82, 2.24) is 0 Å². The second-order valence-electron chi connectivity index (χ2n) is 3.60. The van der Waals surface area contributed by atoms with Crippen LogP contribution in [0.1, 0.15) is 5.56 Å². The molecule has 0 aliphatic rings. The number of hydrogen-bond donors (Lipinski definition) is 2. The van der Waals surface area contributed by atoms with Gasteiger partial charge in [0.2, 0.25) is 5.69 Å². The first-order valence-corrected chi connectivity index (χ1v) is 4.88.